The third-order valence-electron chi connectivity index (χ3n) is 5.44. The van der Waals surface area contributed by atoms with Crippen LogP contribution in [-0.2, 0) is 14.8 Å². The summed E-state index contributed by atoms with van der Waals surface area (Å²) in [6.45, 7) is 4.32. The Kier molecular flexibility index (Phi) is 6.19. The molecule has 0 aromatic heterocycles. The zero-order valence-electron chi connectivity index (χ0n) is 16.1. The number of amides is 1. The molecule has 0 spiro atoms. The van der Waals surface area contributed by atoms with E-state index >= 15 is 0 Å². The van der Waals surface area contributed by atoms with Crippen LogP contribution in [-0.4, -0.2) is 32.2 Å². The standard InChI is InChI=1S/C20H29N3O3S/c1-3-4-8-17(20(24)21-15-12-10-14(2)11-13-15)22-19-16-7-5-6-9-18(16)27(25,26)23-19/h5-7,9,14-15,17H,3-4,8,10-13H2,1-2H3,(H,21,24)(H,22,23). The number of hydrogen-bond acceptors (Lipinski definition) is 4. The van der Waals surface area contributed by atoms with Gasteiger partial charge in [-0.1, -0.05) is 38.8 Å². The highest BCUT2D eigenvalue weighted by Gasteiger charge is 2.32. The molecule has 1 amide bonds. The van der Waals surface area contributed by atoms with E-state index in [-0.39, 0.29) is 22.7 Å². The number of carbonyl (C=O) groups is 1. The van der Waals surface area contributed by atoms with Crippen molar-refractivity contribution < 1.29 is 13.2 Å². The van der Waals surface area contributed by atoms with E-state index < -0.39 is 16.1 Å². The van der Waals surface area contributed by atoms with E-state index in [1.165, 1.54) is 0 Å². The fourth-order valence-corrected chi connectivity index (χ4v) is 4.98. The number of amidine groups is 1. The molecule has 1 fully saturated rings. The molecule has 1 saturated carbocycles. The summed E-state index contributed by atoms with van der Waals surface area (Å²) in [5, 5.41) is 3.14. The maximum Gasteiger partial charge on any atom is 0.263 e. The molecule has 0 bridgehead atoms. The summed E-state index contributed by atoms with van der Waals surface area (Å²) in [5.74, 6) is 0.900. The van der Waals surface area contributed by atoms with Gasteiger partial charge >= 0.3 is 0 Å². The molecule has 0 saturated heterocycles. The van der Waals surface area contributed by atoms with Crippen LogP contribution in [0.15, 0.2) is 34.2 Å². The molecule has 2 aliphatic rings. The fraction of sp³-hybridized carbons (Fsp3) is 0.600. The number of unbranched alkanes of at least 4 members (excludes halogenated alkanes) is 1. The van der Waals surface area contributed by atoms with Crippen molar-refractivity contribution in [1.82, 2.24) is 10.0 Å². The Morgan fingerprint density at radius 1 is 1.26 bits per heavy atom. The monoisotopic (exact) mass is 391 g/mol. The van der Waals surface area contributed by atoms with Crippen molar-refractivity contribution in [3.63, 3.8) is 0 Å². The molecular formula is C20H29N3O3S. The summed E-state index contributed by atoms with van der Waals surface area (Å²) in [6, 6.07) is 6.37. The maximum atomic E-state index is 12.9. The quantitative estimate of drug-likeness (QED) is 0.781. The van der Waals surface area contributed by atoms with Crippen molar-refractivity contribution in [3.05, 3.63) is 29.8 Å². The number of rotatable bonds is 6. The van der Waals surface area contributed by atoms with Crippen molar-refractivity contribution in [2.75, 3.05) is 0 Å². The number of benzene rings is 1. The topological polar surface area (TPSA) is 87.6 Å². The first kappa shape index (κ1) is 19.9. The molecule has 1 aliphatic heterocycles. The maximum absolute atomic E-state index is 12.9. The van der Waals surface area contributed by atoms with E-state index in [2.05, 4.69) is 28.9 Å². The zero-order valence-corrected chi connectivity index (χ0v) is 16.9. The van der Waals surface area contributed by atoms with Crippen molar-refractivity contribution in [1.29, 1.82) is 0 Å². The van der Waals surface area contributed by atoms with Gasteiger partial charge in [0.25, 0.3) is 10.0 Å². The van der Waals surface area contributed by atoms with Gasteiger partial charge in [-0.25, -0.2) is 8.42 Å². The predicted octanol–water partition coefficient (Wildman–Crippen LogP) is 2.98. The second kappa shape index (κ2) is 8.42. The molecule has 1 aromatic carbocycles. The lowest BCUT2D eigenvalue weighted by Gasteiger charge is -2.28. The Hall–Kier alpha value is -1.89. The number of fused-ring (bicyclic) bond motifs is 1. The van der Waals surface area contributed by atoms with Gasteiger partial charge in [-0.2, -0.15) is 0 Å². The summed E-state index contributed by atoms with van der Waals surface area (Å²) in [4.78, 5) is 17.6. The summed E-state index contributed by atoms with van der Waals surface area (Å²) < 4.78 is 27.1. The minimum atomic E-state index is -3.59. The van der Waals surface area contributed by atoms with Crippen LogP contribution >= 0.6 is 0 Å². The van der Waals surface area contributed by atoms with E-state index in [9.17, 15) is 13.2 Å². The third-order valence-corrected chi connectivity index (χ3v) is 6.84. The Balaban J connectivity index is 1.79. The van der Waals surface area contributed by atoms with Gasteiger partial charge < -0.3 is 5.32 Å². The Morgan fingerprint density at radius 3 is 2.67 bits per heavy atom. The fourth-order valence-electron chi connectivity index (χ4n) is 3.74. The van der Waals surface area contributed by atoms with Crippen LogP contribution in [0.5, 0.6) is 0 Å². The number of aliphatic imine (C=N–C) groups is 1. The first-order valence-corrected chi connectivity index (χ1v) is 11.4. The van der Waals surface area contributed by atoms with Crippen LogP contribution in [0.4, 0.5) is 0 Å². The summed E-state index contributed by atoms with van der Waals surface area (Å²) in [5.41, 5.74) is 0.540. The molecular weight excluding hydrogens is 362 g/mol. The van der Waals surface area contributed by atoms with Gasteiger partial charge in [0.05, 0.1) is 4.90 Å². The molecule has 1 heterocycles. The van der Waals surface area contributed by atoms with E-state index in [0.29, 0.717) is 12.0 Å². The molecule has 1 atom stereocenters. The van der Waals surface area contributed by atoms with Crippen LogP contribution in [0.1, 0.15) is 64.4 Å². The Morgan fingerprint density at radius 2 is 1.96 bits per heavy atom. The van der Waals surface area contributed by atoms with Gasteiger partial charge in [-0.05, 0) is 50.2 Å². The second-order valence-corrected chi connectivity index (χ2v) is 9.35. The molecule has 148 valence electrons. The average Bonchev–Trinajstić information content (AvgIpc) is 2.91. The molecule has 6 nitrogen and oxygen atoms in total. The van der Waals surface area contributed by atoms with Crippen molar-refractivity contribution in [2.45, 2.75) is 75.8 Å². The Bertz CT molecular complexity index is 812. The summed E-state index contributed by atoms with van der Waals surface area (Å²) >= 11 is 0. The molecule has 1 aliphatic carbocycles. The minimum Gasteiger partial charge on any atom is -0.352 e. The van der Waals surface area contributed by atoms with Crippen LogP contribution in [0.25, 0.3) is 0 Å². The SMILES string of the molecule is CCCCC(N=C1NS(=O)(=O)c2ccccc21)C(=O)NC1CCC(C)CC1. The number of sulfonamides is 1. The number of carbonyl (C=O) groups excluding carboxylic acids is 1. The smallest absolute Gasteiger partial charge is 0.263 e. The summed E-state index contributed by atoms with van der Waals surface area (Å²) in [6.07, 6.45) is 6.69. The van der Waals surface area contributed by atoms with Crippen LogP contribution in [0, 0.1) is 5.92 Å². The van der Waals surface area contributed by atoms with Crippen LogP contribution < -0.4 is 10.0 Å². The lowest BCUT2D eigenvalue weighted by molar-refractivity contribution is -0.123. The average molecular weight is 392 g/mol. The normalized spacial score (nSPS) is 26.2. The molecule has 0 radical (unpaired) electrons. The number of nitrogens with one attached hydrogen (secondary N) is 2. The van der Waals surface area contributed by atoms with Crippen molar-refractivity contribution in [3.8, 4) is 0 Å². The number of nitrogens with zero attached hydrogens (tertiary/aromatic N) is 1. The predicted molar refractivity (Wildman–Crippen MR) is 106 cm³/mol. The molecule has 2 N–H and O–H groups in total. The minimum absolute atomic E-state index is 0.0981. The highest BCUT2D eigenvalue weighted by molar-refractivity contribution is 7.90. The van der Waals surface area contributed by atoms with Gasteiger partial charge in [0.2, 0.25) is 5.91 Å². The van der Waals surface area contributed by atoms with E-state index in [0.717, 1.165) is 44.4 Å². The van der Waals surface area contributed by atoms with Gasteiger partial charge in [0, 0.05) is 11.6 Å². The molecule has 1 unspecified atom stereocenters. The van der Waals surface area contributed by atoms with Crippen LogP contribution in [0.3, 0.4) is 0 Å². The third kappa shape index (κ3) is 4.69. The zero-order chi connectivity index (χ0) is 19.4. The molecule has 1 aromatic rings. The first-order chi connectivity index (χ1) is 12.9. The largest absolute Gasteiger partial charge is 0.352 e. The van der Waals surface area contributed by atoms with Gasteiger partial charge in [0.15, 0.2) is 0 Å². The van der Waals surface area contributed by atoms with Crippen molar-refractivity contribution >= 4 is 21.8 Å². The molecule has 7 heteroatoms. The lowest BCUT2D eigenvalue weighted by atomic mass is 9.87. The Labute approximate surface area is 161 Å². The van der Waals surface area contributed by atoms with Gasteiger partial charge in [0.1, 0.15) is 11.9 Å². The highest BCUT2D eigenvalue weighted by Crippen LogP contribution is 2.25. The highest BCUT2D eigenvalue weighted by atomic mass is 32.2. The molecule has 27 heavy (non-hydrogen) atoms. The van der Waals surface area contributed by atoms with E-state index in [1.54, 1.807) is 24.3 Å². The molecule has 3 rings (SSSR count). The van der Waals surface area contributed by atoms with Gasteiger partial charge in [-0.15, -0.1) is 0 Å². The van der Waals surface area contributed by atoms with E-state index in [1.807, 2.05) is 0 Å². The summed E-state index contributed by atoms with van der Waals surface area (Å²) in [7, 11) is -3.59. The lowest BCUT2D eigenvalue weighted by Crippen LogP contribution is -2.43. The van der Waals surface area contributed by atoms with E-state index in [4.69, 9.17) is 0 Å². The first-order valence-electron chi connectivity index (χ1n) is 9.91. The second-order valence-electron chi connectivity index (χ2n) is 7.70. The van der Waals surface area contributed by atoms with Crippen LogP contribution in [0.2, 0.25) is 0 Å². The number of hydrogen-bond donors (Lipinski definition) is 2. The van der Waals surface area contributed by atoms with Gasteiger partial charge in [-0.3, -0.25) is 14.5 Å². The van der Waals surface area contributed by atoms with Crippen molar-refractivity contribution in [2.24, 2.45) is 10.9 Å².